The number of aliphatic hydroxyl groups excluding tert-OH is 1. The number of hydrogen-bond acceptors (Lipinski definition) is 6. The van der Waals surface area contributed by atoms with Gasteiger partial charge in [-0.2, -0.15) is 5.10 Å². The van der Waals surface area contributed by atoms with Gasteiger partial charge in [0.25, 0.3) is 5.91 Å². The van der Waals surface area contributed by atoms with E-state index in [0.717, 1.165) is 5.56 Å². The second-order valence-electron chi connectivity index (χ2n) is 8.67. The predicted octanol–water partition coefficient (Wildman–Crippen LogP) is 3.05. The molecule has 1 unspecified atom stereocenters. The van der Waals surface area contributed by atoms with Gasteiger partial charge in [0.15, 0.2) is 5.82 Å². The molecule has 0 saturated carbocycles. The van der Waals surface area contributed by atoms with Crippen molar-refractivity contribution in [3.63, 3.8) is 0 Å². The highest BCUT2D eigenvalue weighted by atomic mass is 35.5. The van der Waals surface area contributed by atoms with Crippen LogP contribution in [0.5, 0.6) is 0 Å². The molecule has 3 heterocycles. The maximum absolute atomic E-state index is 13.5. The van der Waals surface area contributed by atoms with Gasteiger partial charge in [0.2, 0.25) is 5.91 Å². The molecule has 1 aliphatic rings. The first kappa shape index (κ1) is 23.0. The number of halogens is 1. The Morgan fingerprint density at radius 3 is 2.70 bits per heavy atom. The molecule has 1 aromatic carbocycles. The van der Waals surface area contributed by atoms with Crippen molar-refractivity contribution in [1.29, 1.82) is 0 Å². The Bertz CT molecular complexity index is 1250. The van der Waals surface area contributed by atoms with Crippen molar-refractivity contribution in [2.45, 2.75) is 45.8 Å². The van der Waals surface area contributed by atoms with E-state index in [0.29, 0.717) is 47.0 Å². The molecule has 2 amide bonds. The number of carbonyl (C=O) groups is 2. The zero-order chi connectivity index (χ0) is 24.1. The normalized spacial score (nSPS) is 17.0. The Hall–Kier alpha value is -3.17. The fourth-order valence-electron chi connectivity index (χ4n) is 4.47. The monoisotopic (exact) mass is 470 g/mol. The summed E-state index contributed by atoms with van der Waals surface area (Å²) in [6.07, 6.45) is 1.09. The third kappa shape index (κ3) is 3.71. The Morgan fingerprint density at radius 2 is 2.03 bits per heavy atom. The summed E-state index contributed by atoms with van der Waals surface area (Å²) in [7, 11) is 0. The van der Waals surface area contributed by atoms with Crippen molar-refractivity contribution in [2.75, 3.05) is 23.7 Å². The number of nitrogen functional groups attached to an aromatic ring is 1. The lowest BCUT2D eigenvalue weighted by Gasteiger charge is -2.46. The largest absolute Gasteiger partial charge is 0.388 e. The topological polar surface area (TPSA) is 117 Å². The molecule has 33 heavy (non-hydrogen) atoms. The summed E-state index contributed by atoms with van der Waals surface area (Å²) in [5, 5.41) is 15.4. The molecular formula is C23H27ClN6O3. The maximum atomic E-state index is 13.5. The maximum Gasteiger partial charge on any atom is 0.252 e. The minimum Gasteiger partial charge on any atom is -0.388 e. The van der Waals surface area contributed by atoms with Crippen LogP contribution in [0.3, 0.4) is 0 Å². The number of piperazine rings is 1. The number of fused-ring (bicyclic) bond motifs is 1. The average molecular weight is 471 g/mol. The third-order valence-electron chi connectivity index (χ3n) is 6.27. The van der Waals surface area contributed by atoms with Crippen LogP contribution in [0.2, 0.25) is 5.02 Å². The number of amides is 2. The SMILES string of the molecule is CCC(O)c1ccc(-c2cc(Cl)c3c(N)ncnn23)cc1N1CCN(C(C)=O)C(C)(C)C1=O. The van der Waals surface area contributed by atoms with E-state index < -0.39 is 11.6 Å². The zero-order valence-electron chi connectivity index (χ0n) is 19.0. The van der Waals surface area contributed by atoms with Gasteiger partial charge in [0, 0.05) is 31.1 Å². The van der Waals surface area contributed by atoms with Crippen LogP contribution in [-0.4, -0.2) is 55.0 Å². The number of benzene rings is 1. The second kappa shape index (κ2) is 8.31. The van der Waals surface area contributed by atoms with Crippen molar-refractivity contribution in [3.8, 4) is 11.3 Å². The number of nitrogens with two attached hydrogens (primary N) is 1. The molecule has 9 nitrogen and oxygen atoms in total. The molecule has 3 N–H and O–H groups in total. The summed E-state index contributed by atoms with van der Waals surface area (Å²) >= 11 is 6.41. The quantitative estimate of drug-likeness (QED) is 0.605. The van der Waals surface area contributed by atoms with E-state index >= 15 is 0 Å². The van der Waals surface area contributed by atoms with Crippen LogP contribution in [0.1, 0.15) is 45.8 Å². The van der Waals surface area contributed by atoms with E-state index in [1.54, 1.807) is 34.2 Å². The first-order chi connectivity index (χ1) is 15.6. The number of rotatable bonds is 4. The number of hydrogen-bond donors (Lipinski definition) is 2. The van der Waals surface area contributed by atoms with Crippen LogP contribution in [0.25, 0.3) is 16.8 Å². The summed E-state index contributed by atoms with van der Waals surface area (Å²) in [5.41, 5.74) is 8.14. The summed E-state index contributed by atoms with van der Waals surface area (Å²) in [6, 6.07) is 7.27. The number of aromatic nitrogens is 3. The van der Waals surface area contributed by atoms with Crippen LogP contribution < -0.4 is 10.6 Å². The van der Waals surface area contributed by atoms with Crippen LogP contribution in [0, 0.1) is 0 Å². The van der Waals surface area contributed by atoms with Crippen LogP contribution >= 0.6 is 11.6 Å². The van der Waals surface area contributed by atoms with E-state index in [4.69, 9.17) is 17.3 Å². The minimum absolute atomic E-state index is 0.151. The van der Waals surface area contributed by atoms with Crippen molar-refractivity contribution in [2.24, 2.45) is 0 Å². The highest BCUT2D eigenvalue weighted by Crippen LogP contribution is 2.38. The minimum atomic E-state index is -1.01. The summed E-state index contributed by atoms with van der Waals surface area (Å²) in [6.45, 7) is 7.53. The van der Waals surface area contributed by atoms with Gasteiger partial charge in [-0.1, -0.05) is 30.7 Å². The highest BCUT2D eigenvalue weighted by Gasteiger charge is 2.44. The van der Waals surface area contributed by atoms with Crippen molar-refractivity contribution >= 4 is 40.4 Å². The van der Waals surface area contributed by atoms with Crippen molar-refractivity contribution < 1.29 is 14.7 Å². The molecule has 4 rings (SSSR count). The van der Waals surface area contributed by atoms with Crippen LogP contribution in [0.4, 0.5) is 11.5 Å². The zero-order valence-corrected chi connectivity index (χ0v) is 19.8. The average Bonchev–Trinajstić information content (AvgIpc) is 3.12. The number of aliphatic hydroxyl groups is 1. The van der Waals surface area contributed by atoms with Crippen LogP contribution in [0.15, 0.2) is 30.6 Å². The van der Waals surface area contributed by atoms with Crippen LogP contribution in [-0.2, 0) is 9.59 Å². The van der Waals surface area contributed by atoms with Gasteiger partial charge >= 0.3 is 0 Å². The molecule has 1 aliphatic heterocycles. The van der Waals surface area contributed by atoms with Gasteiger partial charge in [-0.25, -0.2) is 9.50 Å². The van der Waals surface area contributed by atoms with E-state index in [1.165, 1.54) is 13.3 Å². The lowest BCUT2D eigenvalue weighted by Crippen LogP contribution is -2.64. The van der Waals surface area contributed by atoms with E-state index in [1.807, 2.05) is 25.1 Å². The summed E-state index contributed by atoms with van der Waals surface area (Å²) in [5.74, 6) is -0.103. The molecule has 0 bridgehead atoms. The fourth-order valence-corrected chi connectivity index (χ4v) is 4.75. The van der Waals surface area contributed by atoms with E-state index in [2.05, 4.69) is 10.1 Å². The first-order valence-corrected chi connectivity index (χ1v) is 11.2. The molecule has 0 radical (unpaired) electrons. The highest BCUT2D eigenvalue weighted by molar-refractivity contribution is 6.35. The molecule has 0 aliphatic carbocycles. The van der Waals surface area contributed by atoms with Gasteiger partial charge in [-0.3, -0.25) is 9.59 Å². The first-order valence-electron chi connectivity index (χ1n) is 10.8. The summed E-state index contributed by atoms with van der Waals surface area (Å²) in [4.78, 5) is 32.8. The molecule has 3 aromatic rings. The van der Waals surface area contributed by atoms with Gasteiger partial charge < -0.3 is 20.6 Å². The molecule has 1 saturated heterocycles. The third-order valence-corrected chi connectivity index (χ3v) is 6.56. The van der Waals surface area contributed by atoms with Gasteiger partial charge in [-0.15, -0.1) is 0 Å². The molecular weight excluding hydrogens is 444 g/mol. The van der Waals surface area contributed by atoms with E-state index in [9.17, 15) is 14.7 Å². The Morgan fingerprint density at radius 1 is 1.30 bits per heavy atom. The molecule has 10 heteroatoms. The number of carbonyl (C=O) groups excluding carboxylic acids is 2. The molecule has 1 fully saturated rings. The molecule has 1 atom stereocenters. The van der Waals surface area contributed by atoms with Crippen molar-refractivity contribution in [3.05, 3.63) is 41.2 Å². The molecule has 0 spiro atoms. The lowest BCUT2D eigenvalue weighted by atomic mass is 9.94. The smallest absolute Gasteiger partial charge is 0.252 e. The number of anilines is 2. The second-order valence-corrected chi connectivity index (χ2v) is 9.07. The van der Waals surface area contributed by atoms with Gasteiger partial charge in [-0.05, 0) is 32.4 Å². The Kier molecular flexibility index (Phi) is 5.79. The van der Waals surface area contributed by atoms with E-state index in [-0.39, 0.29) is 17.6 Å². The molecule has 174 valence electrons. The molecule has 2 aromatic heterocycles. The standard InChI is InChI=1S/C23H27ClN6O3/c1-5-19(32)15-7-6-14(17-11-16(24)20-21(25)26-12-27-30(17)20)10-18(15)28-8-9-29(13(2)31)23(3,4)22(28)33/h6-7,10-12,19,32H,5,8-9H2,1-4H3,(H2,25,26,27). The lowest BCUT2D eigenvalue weighted by molar-refractivity contribution is -0.145. The predicted molar refractivity (Wildman–Crippen MR) is 127 cm³/mol. The fraction of sp³-hybridized carbons (Fsp3) is 0.391. The Labute approximate surface area is 196 Å². The van der Waals surface area contributed by atoms with Crippen molar-refractivity contribution in [1.82, 2.24) is 19.5 Å². The van der Waals surface area contributed by atoms with Gasteiger partial charge in [0.05, 0.1) is 22.5 Å². The number of nitrogens with zero attached hydrogens (tertiary/aromatic N) is 5. The summed E-state index contributed by atoms with van der Waals surface area (Å²) < 4.78 is 1.61. The Balaban J connectivity index is 1.87. The van der Waals surface area contributed by atoms with Gasteiger partial charge in [0.1, 0.15) is 17.4 Å².